The van der Waals surface area contributed by atoms with Crippen LogP contribution >= 0.6 is 11.6 Å². The lowest BCUT2D eigenvalue weighted by Gasteiger charge is -2.12. The summed E-state index contributed by atoms with van der Waals surface area (Å²) in [6.45, 7) is 1.84. The maximum absolute atomic E-state index is 12.1. The Morgan fingerprint density at radius 1 is 1.32 bits per heavy atom. The number of nitrogen functional groups attached to an aromatic ring is 1. The molecule has 2 rings (SSSR count). The first kappa shape index (κ1) is 13.2. The van der Waals surface area contributed by atoms with Crippen molar-refractivity contribution in [2.24, 2.45) is 0 Å². The second-order valence-corrected chi connectivity index (χ2v) is 4.59. The van der Waals surface area contributed by atoms with Crippen LogP contribution in [0.15, 0.2) is 36.4 Å². The number of para-hydroxylation sites is 1. The summed E-state index contributed by atoms with van der Waals surface area (Å²) < 4.78 is 0. The summed E-state index contributed by atoms with van der Waals surface area (Å²) in [7, 11) is 0. The highest BCUT2D eigenvalue weighted by Crippen LogP contribution is 2.26. The number of anilines is 2. The third kappa shape index (κ3) is 2.80. The molecule has 2 aromatic carbocycles. The summed E-state index contributed by atoms with van der Waals surface area (Å²) in [5.41, 5.74) is 7.76. The summed E-state index contributed by atoms with van der Waals surface area (Å²) >= 11 is 5.81. The molecule has 0 heterocycles. The molecule has 0 aliphatic rings. The average Bonchev–Trinajstić information content (AvgIpc) is 2.37. The molecule has 0 unspecified atom stereocenters. The smallest absolute Gasteiger partial charge is 0.259 e. The molecule has 0 bridgehead atoms. The number of nitrogens with one attached hydrogen (secondary N) is 1. The highest BCUT2D eigenvalue weighted by molar-refractivity contribution is 6.31. The van der Waals surface area contributed by atoms with E-state index in [9.17, 15) is 9.90 Å². The number of phenols is 1. The summed E-state index contributed by atoms with van der Waals surface area (Å²) in [6, 6.07) is 9.62. The van der Waals surface area contributed by atoms with Gasteiger partial charge in [-0.3, -0.25) is 4.79 Å². The number of halogens is 1. The van der Waals surface area contributed by atoms with Crippen molar-refractivity contribution in [2.45, 2.75) is 6.92 Å². The van der Waals surface area contributed by atoms with Crippen LogP contribution in [0, 0.1) is 6.92 Å². The van der Waals surface area contributed by atoms with Crippen molar-refractivity contribution in [2.75, 3.05) is 11.1 Å². The number of nitrogens with two attached hydrogens (primary N) is 1. The Balaban J connectivity index is 2.34. The largest absolute Gasteiger partial charge is 0.507 e. The fraction of sp³-hybridized carbons (Fsp3) is 0.0714. The zero-order valence-electron chi connectivity index (χ0n) is 10.3. The van der Waals surface area contributed by atoms with Gasteiger partial charge in [0, 0.05) is 5.02 Å². The third-order valence-electron chi connectivity index (χ3n) is 2.75. The first-order valence-corrected chi connectivity index (χ1v) is 6.02. The minimum absolute atomic E-state index is 0.107. The SMILES string of the molecule is Cc1cccc(N)c1NC(=O)c1cc(Cl)ccc1O. The second-order valence-electron chi connectivity index (χ2n) is 4.15. The molecule has 4 nitrogen and oxygen atoms in total. The lowest BCUT2D eigenvalue weighted by molar-refractivity contribution is 0.102. The molecule has 0 fully saturated rings. The van der Waals surface area contributed by atoms with Crippen LogP contribution in [0.2, 0.25) is 5.02 Å². The van der Waals surface area contributed by atoms with Gasteiger partial charge in [0.05, 0.1) is 16.9 Å². The van der Waals surface area contributed by atoms with E-state index in [1.807, 2.05) is 13.0 Å². The molecule has 0 saturated carbocycles. The van der Waals surface area contributed by atoms with Crippen molar-refractivity contribution in [3.63, 3.8) is 0 Å². The second kappa shape index (κ2) is 5.20. The average molecular weight is 277 g/mol. The molecule has 19 heavy (non-hydrogen) atoms. The van der Waals surface area contributed by atoms with Gasteiger partial charge in [-0.2, -0.15) is 0 Å². The highest BCUT2D eigenvalue weighted by atomic mass is 35.5. The van der Waals surface area contributed by atoms with Crippen molar-refractivity contribution in [3.05, 3.63) is 52.5 Å². The number of aryl methyl sites for hydroxylation is 1. The lowest BCUT2D eigenvalue weighted by atomic mass is 10.1. The quantitative estimate of drug-likeness (QED) is 0.737. The van der Waals surface area contributed by atoms with Gasteiger partial charge in [0.2, 0.25) is 0 Å². The minimum Gasteiger partial charge on any atom is -0.507 e. The van der Waals surface area contributed by atoms with Crippen molar-refractivity contribution < 1.29 is 9.90 Å². The van der Waals surface area contributed by atoms with Crippen LogP contribution in [0.4, 0.5) is 11.4 Å². The summed E-state index contributed by atoms with van der Waals surface area (Å²) in [4.78, 5) is 12.1. The van der Waals surface area contributed by atoms with Gasteiger partial charge in [-0.1, -0.05) is 23.7 Å². The Morgan fingerprint density at radius 3 is 2.74 bits per heavy atom. The predicted molar refractivity (Wildman–Crippen MR) is 76.7 cm³/mol. The number of benzene rings is 2. The summed E-state index contributed by atoms with van der Waals surface area (Å²) in [5, 5.41) is 12.7. The molecule has 0 aliphatic heterocycles. The highest BCUT2D eigenvalue weighted by Gasteiger charge is 2.14. The molecule has 0 aliphatic carbocycles. The molecule has 5 heteroatoms. The normalized spacial score (nSPS) is 10.2. The maximum Gasteiger partial charge on any atom is 0.259 e. The predicted octanol–water partition coefficient (Wildman–Crippen LogP) is 3.19. The van der Waals surface area contributed by atoms with Gasteiger partial charge in [0.25, 0.3) is 5.91 Å². The zero-order chi connectivity index (χ0) is 14.0. The molecule has 0 atom stereocenters. The van der Waals surface area contributed by atoms with E-state index in [-0.39, 0.29) is 11.3 Å². The van der Waals surface area contributed by atoms with Crippen LogP contribution in [0.3, 0.4) is 0 Å². The van der Waals surface area contributed by atoms with Crippen molar-refractivity contribution >= 4 is 28.9 Å². The molecule has 0 spiro atoms. The standard InChI is InChI=1S/C14H13ClN2O2/c1-8-3-2-4-11(16)13(8)17-14(19)10-7-9(15)5-6-12(10)18/h2-7,18H,16H2,1H3,(H,17,19). The minimum atomic E-state index is -0.457. The van der Waals surface area contributed by atoms with Crippen LogP contribution in [0.1, 0.15) is 15.9 Å². The number of carbonyl (C=O) groups is 1. The van der Waals surface area contributed by atoms with Crippen molar-refractivity contribution in [1.82, 2.24) is 0 Å². The number of hydrogen-bond acceptors (Lipinski definition) is 3. The summed E-state index contributed by atoms with van der Waals surface area (Å²) in [6.07, 6.45) is 0. The number of phenolic OH excluding ortho intramolecular Hbond substituents is 1. The molecular weight excluding hydrogens is 264 g/mol. The fourth-order valence-corrected chi connectivity index (χ4v) is 1.90. The van der Waals surface area contributed by atoms with Gasteiger partial charge in [-0.05, 0) is 36.8 Å². The van der Waals surface area contributed by atoms with E-state index in [1.54, 1.807) is 12.1 Å². The monoisotopic (exact) mass is 276 g/mol. The van der Waals surface area contributed by atoms with Gasteiger partial charge in [-0.15, -0.1) is 0 Å². The Hall–Kier alpha value is -2.20. The first-order valence-electron chi connectivity index (χ1n) is 5.64. The van der Waals surface area contributed by atoms with E-state index in [1.165, 1.54) is 18.2 Å². The van der Waals surface area contributed by atoms with Gasteiger partial charge in [0.15, 0.2) is 0 Å². The van der Waals surface area contributed by atoms with E-state index in [0.717, 1.165) is 5.56 Å². The van der Waals surface area contributed by atoms with Crippen LogP contribution in [0.25, 0.3) is 0 Å². The third-order valence-corrected chi connectivity index (χ3v) is 2.98. The summed E-state index contributed by atoms with van der Waals surface area (Å²) in [5.74, 6) is -0.588. The van der Waals surface area contributed by atoms with E-state index < -0.39 is 5.91 Å². The fourth-order valence-electron chi connectivity index (χ4n) is 1.73. The lowest BCUT2D eigenvalue weighted by Crippen LogP contribution is -2.14. The molecule has 98 valence electrons. The van der Waals surface area contributed by atoms with Crippen molar-refractivity contribution in [3.8, 4) is 5.75 Å². The van der Waals surface area contributed by atoms with Crippen LogP contribution in [-0.4, -0.2) is 11.0 Å². The van der Waals surface area contributed by atoms with Gasteiger partial charge < -0.3 is 16.2 Å². The number of rotatable bonds is 2. The molecule has 0 aromatic heterocycles. The molecule has 4 N–H and O–H groups in total. The maximum atomic E-state index is 12.1. The van der Waals surface area contributed by atoms with Gasteiger partial charge in [-0.25, -0.2) is 0 Å². The molecule has 0 radical (unpaired) electrons. The van der Waals surface area contributed by atoms with Gasteiger partial charge >= 0.3 is 0 Å². The van der Waals surface area contributed by atoms with Crippen LogP contribution < -0.4 is 11.1 Å². The number of hydrogen-bond donors (Lipinski definition) is 3. The Labute approximate surface area is 115 Å². The van der Waals surface area contributed by atoms with Crippen LogP contribution in [-0.2, 0) is 0 Å². The van der Waals surface area contributed by atoms with Crippen LogP contribution in [0.5, 0.6) is 5.75 Å². The van der Waals surface area contributed by atoms with E-state index in [0.29, 0.717) is 16.4 Å². The van der Waals surface area contributed by atoms with E-state index in [2.05, 4.69) is 5.32 Å². The Bertz CT molecular complexity index is 621. The molecule has 1 amide bonds. The zero-order valence-corrected chi connectivity index (χ0v) is 11.0. The number of aromatic hydroxyl groups is 1. The molecule has 2 aromatic rings. The topological polar surface area (TPSA) is 75.3 Å². The number of amides is 1. The first-order chi connectivity index (χ1) is 8.99. The molecular formula is C14H13ClN2O2. The van der Waals surface area contributed by atoms with Gasteiger partial charge in [0.1, 0.15) is 5.75 Å². The van der Waals surface area contributed by atoms with Crippen molar-refractivity contribution in [1.29, 1.82) is 0 Å². The van der Waals surface area contributed by atoms with E-state index in [4.69, 9.17) is 17.3 Å². The Kier molecular flexibility index (Phi) is 3.62. The number of carbonyl (C=O) groups excluding carboxylic acids is 1. The molecule has 0 saturated heterocycles. The Morgan fingerprint density at radius 2 is 2.05 bits per heavy atom. The van der Waals surface area contributed by atoms with E-state index >= 15 is 0 Å².